The third kappa shape index (κ3) is 5.11. The molecule has 2 atom stereocenters. The fourth-order valence-corrected chi connectivity index (χ4v) is 3.23. The Morgan fingerprint density at radius 1 is 0.828 bits per heavy atom. The quantitative estimate of drug-likeness (QED) is 0.682. The minimum atomic E-state index is -1.07. The second-order valence-electron chi connectivity index (χ2n) is 7.00. The van der Waals surface area contributed by atoms with Gasteiger partial charge in [-0.25, -0.2) is 4.79 Å². The summed E-state index contributed by atoms with van der Waals surface area (Å²) >= 11 is 0. The molecule has 3 rings (SSSR count). The predicted molar refractivity (Wildman–Crippen MR) is 107 cm³/mol. The molecule has 3 N–H and O–H groups in total. The van der Waals surface area contributed by atoms with Gasteiger partial charge in [-0.3, -0.25) is 20.4 Å². The van der Waals surface area contributed by atoms with E-state index in [1.807, 2.05) is 26.0 Å². The molecule has 2 aromatic rings. The molecular weight excluding hydrogens is 374 g/mol. The first-order chi connectivity index (χ1) is 13.8. The van der Waals surface area contributed by atoms with E-state index in [2.05, 4.69) is 15.8 Å². The lowest BCUT2D eigenvalue weighted by molar-refractivity contribution is -0.00522. The molecule has 0 bridgehead atoms. The van der Waals surface area contributed by atoms with E-state index in [0.29, 0.717) is 5.56 Å². The van der Waals surface area contributed by atoms with E-state index < -0.39 is 17.8 Å². The molecule has 8 heteroatoms. The SMILES string of the molecule is CC1CN(c2ccc(C(=O)NNC(=O)c3ccc(C(=O)O)cc3)cc2)CC(C)O1. The molecule has 1 fully saturated rings. The number of morpholine rings is 1. The number of carboxylic acid groups (broad SMARTS) is 1. The number of hydrazine groups is 1. The highest BCUT2D eigenvalue weighted by molar-refractivity contribution is 5.99. The van der Waals surface area contributed by atoms with Crippen molar-refractivity contribution in [2.24, 2.45) is 0 Å². The van der Waals surface area contributed by atoms with Crippen LogP contribution in [0.15, 0.2) is 48.5 Å². The Kier molecular flexibility index (Phi) is 6.13. The molecule has 0 saturated carbocycles. The maximum Gasteiger partial charge on any atom is 0.335 e. The Morgan fingerprint density at radius 3 is 1.69 bits per heavy atom. The molecule has 8 nitrogen and oxygen atoms in total. The van der Waals surface area contributed by atoms with Gasteiger partial charge in [0.1, 0.15) is 0 Å². The molecule has 1 heterocycles. The number of carboxylic acids is 1. The van der Waals surface area contributed by atoms with Crippen molar-refractivity contribution >= 4 is 23.5 Å². The van der Waals surface area contributed by atoms with Crippen LogP contribution in [0.5, 0.6) is 0 Å². The van der Waals surface area contributed by atoms with Crippen molar-refractivity contribution in [1.29, 1.82) is 0 Å². The summed E-state index contributed by atoms with van der Waals surface area (Å²) in [6, 6.07) is 12.5. The second kappa shape index (κ2) is 8.74. The number of benzene rings is 2. The molecule has 29 heavy (non-hydrogen) atoms. The largest absolute Gasteiger partial charge is 0.478 e. The molecule has 0 spiro atoms. The average molecular weight is 397 g/mol. The highest BCUT2D eigenvalue weighted by Crippen LogP contribution is 2.20. The highest BCUT2D eigenvalue weighted by Gasteiger charge is 2.22. The van der Waals surface area contributed by atoms with Gasteiger partial charge in [0.15, 0.2) is 0 Å². The molecule has 1 aliphatic heterocycles. The monoisotopic (exact) mass is 397 g/mol. The van der Waals surface area contributed by atoms with Crippen molar-refractivity contribution < 1.29 is 24.2 Å². The van der Waals surface area contributed by atoms with E-state index in [0.717, 1.165) is 18.8 Å². The van der Waals surface area contributed by atoms with Crippen molar-refractivity contribution in [2.45, 2.75) is 26.1 Å². The summed E-state index contributed by atoms with van der Waals surface area (Å²) in [5.74, 6) is -2.06. The molecular formula is C21H23N3O5. The molecule has 2 amide bonds. The number of amides is 2. The van der Waals surface area contributed by atoms with Crippen molar-refractivity contribution in [3.63, 3.8) is 0 Å². The fourth-order valence-electron chi connectivity index (χ4n) is 3.23. The topological polar surface area (TPSA) is 108 Å². The van der Waals surface area contributed by atoms with Gasteiger partial charge >= 0.3 is 5.97 Å². The Hall–Kier alpha value is -3.39. The molecule has 2 unspecified atom stereocenters. The fraction of sp³-hybridized carbons (Fsp3) is 0.286. The van der Waals surface area contributed by atoms with Crippen molar-refractivity contribution in [3.8, 4) is 0 Å². The maximum absolute atomic E-state index is 12.3. The standard InChI is InChI=1S/C21H23N3O5/c1-13-11-24(12-14(2)29-13)18-9-7-16(8-10-18)20(26)23-22-19(25)15-3-5-17(6-4-15)21(27)28/h3-10,13-14H,11-12H2,1-2H3,(H,22,25)(H,23,26)(H,27,28). The normalized spacial score (nSPS) is 18.8. The van der Waals surface area contributed by atoms with E-state index in [4.69, 9.17) is 9.84 Å². The average Bonchev–Trinajstić information content (AvgIpc) is 2.71. The zero-order chi connectivity index (χ0) is 21.0. The second-order valence-corrected chi connectivity index (χ2v) is 7.00. The number of carbonyl (C=O) groups is 3. The summed E-state index contributed by atoms with van der Waals surface area (Å²) in [4.78, 5) is 37.4. The summed E-state index contributed by atoms with van der Waals surface area (Å²) in [7, 11) is 0. The predicted octanol–water partition coefficient (Wildman–Crippen LogP) is 2.07. The van der Waals surface area contributed by atoms with Gasteiger partial charge in [-0.1, -0.05) is 0 Å². The van der Waals surface area contributed by atoms with Gasteiger partial charge in [-0.15, -0.1) is 0 Å². The minimum absolute atomic E-state index is 0.0785. The zero-order valence-electron chi connectivity index (χ0n) is 16.2. The number of hydrogen-bond acceptors (Lipinski definition) is 5. The van der Waals surface area contributed by atoms with E-state index in [1.54, 1.807) is 12.1 Å². The van der Waals surface area contributed by atoms with Gasteiger partial charge in [0.2, 0.25) is 0 Å². The van der Waals surface area contributed by atoms with E-state index >= 15 is 0 Å². The number of nitrogens with zero attached hydrogens (tertiary/aromatic N) is 1. The number of nitrogens with one attached hydrogen (secondary N) is 2. The van der Waals surface area contributed by atoms with Crippen LogP contribution in [-0.4, -0.2) is 48.2 Å². The lowest BCUT2D eigenvalue weighted by Crippen LogP contribution is -2.45. The summed E-state index contributed by atoms with van der Waals surface area (Å²) in [5, 5.41) is 8.88. The third-order valence-electron chi connectivity index (χ3n) is 4.60. The maximum atomic E-state index is 12.3. The molecule has 0 radical (unpaired) electrons. The van der Waals surface area contributed by atoms with E-state index in [1.165, 1.54) is 24.3 Å². The molecule has 1 saturated heterocycles. The van der Waals surface area contributed by atoms with Crippen molar-refractivity contribution in [3.05, 3.63) is 65.2 Å². The number of aromatic carboxylic acids is 1. The Morgan fingerprint density at radius 2 is 1.24 bits per heavy atom. The molecule has 1 aliphatic rings. The van der Waals surface area contributed by atoms with Gasteiger partial charge in [-0.05, 0) is 62.4 Å². The first-order valence-electron chi connectivity index (χ1n) is 9.28. The van der Waals surface area contributed by atoms with Crippen LogP contribution in [0.25, 0.3) is 0 Å². The molecule has 2 aromatic carbocycles. The molecule has 152 valence electrons. The smallest absolute Gasteiger partial charge is 0.335 e. The number of carbonyl (C=O) groups excluding carboxylic acids is 2. The van der Waals surface area contributed by atoms with Gasteiger partial charge in [0.05, 0.1) is 17.8 Å². The first kappa shape index (κ1) is 20.3. The van der Waals surface area contributed by atoms with E-state index in [-0.39, 0.29) is 23.3 Å². The van der Waals surface area contributed by atoms with E-state index in [9.17, 15) is 14.4 Å². The highest BCUT2D eigenvalue weighted by atomic mass is 16.5. The lowest BCUT2D eigenvalue weighted by atomic mass is 10.1. The van der Waals surface area contributed by atoms with Crippen LogP contribution in [-0.2, 0) is 4.74 Å². The summed E-state index contributed by atoms with van der Waals surface area (Å²) < 4.78 is 5.73. The lowest BCUT2D eigenvalue weighted by Gasteiger charge is -2.36. The van der Waals surface area contributed by atoms with Crippen LogP contribution < -0.4 is 15.8 Å². The minimum Gasteiger partial charge on any atom is -0.478 e. The number of hydrogen-bond donors (Lipinski definition) is 3. The number of rotatable bonds is 4. The van der Waals surface area contributed by atoms with Crippen molar-refractivity contribution in [2.75, 3.05) is 18.0 Å². The number of anilines is 1. The van der Waals surface area contributed by atoms with Crippen LogP contribution in [0.3, 0.4) is 0 Å². The van der Waals surface area contributed by atoms with Crippen LogP contribution in [0, 0.1) is 0 Å². The van der Waals surface area contributed by atoms with Gasteiger partial charge in [0.25, 0.3) is 11.8 Å². The Bertz CT molecular complexity index is 886. The van der Waals surface area contributed by atoms with Crippen molar-refractivity contribution in [1.82, 2.24) is 10.9 Å². The van der Waals surface area contributed by atoms with Gasteiger partial charge in [-0.2, -0.15) is 0 Å². The van der Waals surface area contributed by atoms with Crippen LogP contribution in [0.2, 0.25) is 0 Å². The van der Waals surface area contributed by atoms with Crippen LogP contribution in [0.4, 0.5) is 5.69 Å². The van der Waals surface area contributed by atoms with Crippen LogP contribution >= 0.6 is 0 Å². The summed E-state index contributed by atoms with van der Waals surface area (Å²) in [5.41, 5.74) is 6.41. The number of ether oxygens (including phenoxy) is 1. The summed E-state index contributed by atoms with van der Waals surface area (Å²) in [6.45, 7) is 5.63. The molecule has 0 aromatic heterocycles. The third-order valence-corrected chi connectivity index (χ3v) is 4.60. The Labute approximate surface area is 168 Å². The molecule has 0 aliphatic carbocycles. The zero-order valence-corrected chi connectivity index (χ0v) is 16.2. The van der Waals surface area contributed by atoms with Gasteiger partial charge < -0.3 is 14.7 Å². The first-order valence-corrected chi connectivity index (χ1v) is 9.28. The summed E-state index contributed by atoms with van der Waals surface area (Å²) in [6.07, 6.45) is 0.281. The Balaban J connectivity index is 1.56. The van der Waals surface area contributed by atoms with Gasteiger partial charge in [0, 0.05) is 29.9 Å². The van der Waals surface area contributed by atoms with Crippen LogP contribution in [0.1, 0.15) is 44.9 Å².